The van der Waals surface area contributed by atoms with E-state index in [9.17, 15) is 0 Å². The Labute approximate surface area is 253 Å². The number of hydrogen-bond acceptors (Lipinski definition) is 0. The van der Waals surface area contributed by atoms with Gasteiger partial charge in [-0.2, -0.15) is 0 Å². The van der Waals surface area contributed by atoms with Crippen LogP contribution in [0.4, 0.5) is 0 Å². The van der Waals surface area contributed by atoms with Crippen molar-refractivity contribution in [3.8, 4) is 39.1 Å². The maximum atomic E-state index is 2.51. The van der Waals surface area contributed by atoms with Gasteiger partial charge < -0.3 is 4.57 Å². The summed E-state index contributed by atoms with van der Waals surface area (Å²) in [4.78, 5) is 0. The number of nitrogens with zero attached hydrogens (tertiary/aromatic N) is 1. The fourth-order valence-electron chi connectivity index (χ4n) is 8.12. The summed E-state index contributed by atoms with van der Waals surface area (Å²) in [6.07, 6.45) is 0. The van der Waals surface area contributed by atoms with Gasteiger partial charge in [0, 0.05) is 27.3 Å². The third kappa shape index (κ3) is 3.23. The Balaban J connectivity index is 1.37. The SMILES string of the molecule is CC1(C)c2ccccc2-c2cc3c4cc5c(cc4n(-c4ccc(-c6ccccc6)cc4)c3cc21)C(C)(C)c1ccccc1-5. The average molecular weight is 552 g/mol. The van der Waals surface area contributed by atoms with Crippen molar-refractivity contribution >= 4 is 21.8 Å². The summed E-state index contributed by atoms with van der Waals surface area (Å²) >= 11 is 0. The normalized spacial score (nSPS) is 15.3. The molecule has 0 N–H and O–H groups in total. The predicted molar refractivity (Wildman–Crippen MR) is 181 cm³/mol. The Morgan fingerprint density at radius 3 is 1.35 bits per heavy atom. The van der Waals surface area contributed by atoms with E-state index >= 15 is 0 Å². The highest BCUT2D eigenvalue weighted by Crippen LogP contribution is 2.53. The summed E-state index contributed by atoms with van der Waals surface area (Å²) in [5.74, 6) is 0. The van der Waals surface area contributed by atoms with E-state index in [4.69, 9.17) is 0 Å². The molecule has 1 heteroatoms. The van der Waals surface area contributed by atoms with Gasteiger partial charge in [-0.3, -0.25) is 0 Å². The van der Waals surface area contributed by atoms with Crippen LogP contribution in [-0.2, 0) is 10.8 Å². The lowest BCUT2D eigenvalue weighted by atomic mass is 9.82. The van der Waals surface area contributed by atoms with Gasteiger partial charge in [-0.25, -0.2) is 0 Å². The van der Waals surface area contributed by atoms with Crippen LogP contribution in [0.3, 0.4) is 0 Å². The lowest BCUT2D eigenvalue weighted by Crippen LogP contribution is -2.15. The molecule has 0 aliphatic heterocycles. The predicted octanol–water partition coefficient (Wildman–Crippen LogP) is 11.1. The molecule has 0 radical (unpaired) electrons. The Morgan fingerprint density at radius 2 is 0.837 bits per heavy atom. The summed E-state index contributed by atoms with van der Waals surface area (Å²) in [5.41, 5.74) is 17.2. The molecular formula is C42H33N. The molecule has 0 saturated carbocycles. The highest BCUT2D eigenvalue weighted by Gasteiger charge is 2.38. The molecule has 6 aromatic carbocycles. The maximum Gasteiger partial charge on any atom is 0.0544 e. The number of aromatic nitrogens is 1. The zero-order valence-electron chi connectivity index (χ0n) is 25.1. The summed E-state index contributed by atoms with van der Waals surface area (Å²) < 4.78 is 2.51. The molecule has 0 atom stereocenters. The zero-order chi connectivity index (χ0) is 29.1. The highest BCUT2D eigenvalue weighted by molar-refractivity contribution is 6.13. The van der Waals surface area contributed by atoms with Crippen LogP contribution in [0, 0.1) is 0 Å². The van der Waals surface area contributed by atoms with Crippen LogP contribution in [0.15, 0.2) is 127 Å². The summed E-state index contributed by atoms with van der Waals surface area (Å²) in [6, 6.07) is 47.6. The summed E-state index contributed by atoms with van der Waals surface area (Å²) in [5, 5.41) is 2.64. The number of benzene rings is 6. The van der Waals surface area contributed by atoms with Gasteiger partial charge in [-0.1, -0.05) is 119 Å². The number of fused-ring (bicyclic) bond motifs is 9. The van der Waals surface area contributed by atoms with Crippen LogP contribution in [0.1, 0.15) is 49.9 Å². The average Bonchev–Trinajstić information content (AvgIpc) is 3.56. The molecule has 9 rings (SSSR count). The Bertz CT molecular complexity index is 2140. The second-order valence-corrected chi connectivity index (χ2v) is 13.4. The first kappa shape index (κ1) is 24.7. The second-order valence-electron chi connectivity index (χ2n) is 13.4. The molecule has 0 saturated heterocycles. The van der Waals surface area contributed by atoms with Crippen LogP contribution in [-0.4, -0.2) is 4.57 Å². The molecule has 0 spiro atoms. The first-order chi connectivity index (χ1) is 20.8. The van der Waals surface area contributed by atoms with E-state index in [1.54, 1.807) is 0 Å². The third-order valence-electron chi connectivity index (χ3n) is 10.4. The largest absolute Gasteiger partial charge is 0.309 e. The van der Waals surface area contributed by atoms with Crippen molar-refractivity contribution in [2.24, 2.45) is 0 Å². The lowest BCUT2D eigenvalue weighted by molar-refractivity contribution is 0.660. The van der Waals surface area contributed by atoms with Gasteiger partial charge in [-0.05, 0) is 92.0 Å². The van der Waals surface area contributed by atoms with Crippen LogP contribution < -0.4 is 0 Å². The molecule has 1 aromatic heterocycles. The van der Waals surface area contributed by atoms with E-state index in [-0.39, 0.29) is 10.8 Å². The molecule has 0 fully saturated rings. The smallest absolute Gasteiger partial charge is 0.0544 e. The van der Waals surface area contributed by atoms with Crippen molar-refractivity contribution in [2.45, 2.75) is 38.5 Å². The fraction of sp³-hybridized carbons (Fsp3) is 0.143. The number of hydrogen-bond donors (Lipinski definition) is 0. The van der Waals surface area contributed by atoms with E-state index < -0.39 is 0 Å². The standard InChI is InChI=1S/C42H33N/c1-41(2)35-16-10-8-14-29(35)31-22-33-34-23-32-30-15-9-11-17-36(30)42(3,4)38(32)25-40(34)43(39(33)24-37(31)41)28-20-18-27(19-21-28)26-12-6-5-7-13-26/h5-25H,1-4H3. The van der Waals surface area contributed by atoms with Gasteiger partial charge >= 0.3 is 0 Å². The minimum Gasteiger partial charge on any atom is -0.309 e. The molecule has 43 heavy (non-hydrogen) atoms. The van der Waals surface area contributed by atoms with Crippen molar-refractivity contribution in [2.75, 3.05) is 0 Å². The van der Waals surface area contributed by atoms with Crippen molar-refractivity contribution in [3.63, 3.8) is 0 Å². The minimum atomic E-state index is -0.0543. The Morgan fingerprint density at radius 1 is 0.395 bits per heavy atom. The zero-order valence-corrected chi connectivity index (χ0v) is 25.1. The van der Waals surface area contributed by atoms with E-state index in [1.807, 2.05) is 0 Å². The quantitative estimate of drug-likeness (QED) is 0.201. The molecule has 0 unspecified atom stereocenters. The van der Waals surface area contributed by atoms with E-state index in [2.05, 4.69) is 160 Å². The van der Waals surface area contributed by atoms with Gasteiger partial charge in [0.15, 0.2) is 0 Å². The molecule has 206 valence electrons. The van der Waals surface area contributed by atoms with Gasteiger partial charge in [-0.15, -0.1) is 0 Å². The lowest BCUT2D eigenvalue weighted by Gasteiger charge is -2.22. The van der Waals surface area contributed by atoms with Crippen molar-refractivity contribution in [3.05, 3.63) is 150 Å². The summed E-state index contributed by atoms with van der Waals surface area (Å²) in [6.45, 7) is 9.50. The van der Waals surface area contributed by atoms with Crippen LogP contribution in [0.2, 0.25) is 0 Å². The molecule has 2 aliphatic rings. The van der Waals surface area contributed by atoms with Crippen LogP contribution in [0.5, 0.6) is 0 Å². The Kier molecular flexibility index (Phi) is 4.80. The van der Waals surface area contributed by atoms with Crippen LogP contribution >= 0.6 is 0 Å². The first-order valence-corrected chi connectivity index (χ1v) is 15.4. The molecule has 0 amide bonds. The van der Waals surface area contributed by atoms with Crippen LogP contribution in [0.25, 0.3) is 60.9 Å². The van der Waals surface area contributed by atoms with E-state index in [1.165, 1.54) is 83.1 Å². The van der Waals surface area contributed by atoms with Gasteiger partial charge in [0.05, 0.1) is 11.0 Å². The van der Waals surface area contributed by atoms with Crippen molar-refractivity contribution in [1.82, 2.24) is 4.57 Å². The molecule has 7 aromatic rings. The topological polar surface area (TPSA) is 4.93 Å². The van der Waals surface area contributed by atoms with E-state index in [0.29, 0.717) is 0 Å². The first-order valence-electron chi connectivity index (χ1n) is 15.4. The third-order valence-corrected chi connectivity index (χ3v) is 10.4. The van der Waals surface area contributed by atoms with Gasteiger partial charge in [0.2, 0.25) is 0 Å². The van der Waals surface area contributed by atoms with Crippen molar-refractivity contribution < 1.29 is 0 Å². The molecule has 1 heterocycles. The second kappa shape index (κ2) is 8.36. The Hall–Kier alpha value is -4.88. The highest BCUT2D eigenvalue weighted by atomic mass is 15.0. The molecule has 2 aliphatic carbocycles. The fourth-order valence-corrected chi connectivity index (χ4v) is 8.12. The maximum absolute atomic E-state index is 2.51. The molecule has 1 nitrogen and oxygen atoms in total. The molecular weight excluding hydrogens is 518 g/mol. The number of rotatable bonds is 2. The van der Waals surface area contributed by atoms with E-state index in [0.717, 1.165) is 0 Å². The van der Waals surface area contributed by atoms with Gasteiger partial charge in [0.25, 0.3) is 0 Å². The summed E-state index contributed by atoms with van der Waals surface area (Å²) in [7, 11) is 0. The van der Waals surface area contributed by atoms with Crippen molar-refractivity contribution in [1.29, 1.82) is 0 Å². The van der Waals surface area contributed by atoms with Gasteiger partial charge in [0.1, 0.15) is 0 Å². The molecule has 0 bridgehead atoms. The monoisotopic (exact) mass is 551 g/mol. The minimum absolute atomic E-state index is 0.0543.